The summed E-state index contributed by atoms with van der Waals surface area (Å²) in [5.41, 5.74) is 5.62. The Hall–Kier alpha value is -0.830. The summed E-state index contributed by atoms with van der Waals surface area (Å²) in [4.78, 5) is 6.78. The van der Waals surface area contributed by atoms with E-state index >= 15 is 0 Å². The molecule has 1 aliphatic rings. The van der Waals surface area contributed by atoms with Gasteiger partial charge in [-0.05, 0) is 19.4 Å². The van der Waals surface area contributed by atoms with Crippen LogP contribution in [0.1, 0.15) is 103 Å². The lowest BCUT2D eigenvalue weighted by atomic mass is 10.0. The van der Waals surface area contributed by atoms with Gasteiger partial charge in [0.1, 0.15) is 5.84 Å². The topological polar surface area (TPSA) is 41.6 Å². The van der Waals surface area contributed by atoms with Crippen molar-refractivity contribution in [3.8, 4) is 0 Å². The fourth-order valence-electron chi connectivity index (χ4n) is 3.50. The van der Waals surface area contributed by atoms with Gasteiger partial charge in [-0.1, -0.05) is 90.0 Å². The zero-order valence-corrected chi connectivity index (χ0v) is 16.9. The van der Waals surface area contributed by atoms with Crippen molar-refractivity contribution in [3.63, 3.8) is 0 Å². The minimum absolute atomic E-state index is 0.696. The minimum Gasteiger partial charge on any atom is -0.335 e. The van der Waals surface area contributed by atoms with E-state index in [0.29, 0.717) is 6.54 Å². The average molecular weight is 350 g/mol. The number of amidine groups is 1. The number of allylic oxidation sites excluding steroid dienone is 1. The SMILES string of the molecule is CCCCCCCCCCCCCCCC=CN1CCN=C1CCN. The van der Waals surface area contributed by atoms with Gasteiger partial charge in [-0.3, -0.25) is 4.99 Å². The van der Waals surface area contributed by atoms with Gasteiger partial charge in [-0.25, -0.2) is 0 Å². The van der Waals surface area contributed by atoms with E-state index in [1.165, 1.54) is 95.7 Å². The number of unbranched alkanes of at least 4 members (excludes halogenated alkanes) is 13. The number of aliphatic imine (C=N–C) groups is 1. The molecular weight excluding hydrogens is 306 g/mol. The number of nitrogens with zero attached hydrogens (tertiary/aromatic N) is 2. The van der Waals surface area contributed by atoms with Gasteiger partial charge in [0, 0.05) is 19.2 Å². The maximum atomic E-state index is 5.62. The van der Waals surface area contributed by atoms with Gasteiger partial charge in [-0.2, -0.15) is 0 Å². The van der Waals surface area contributed by atoms with Crippen LogP contribution in [-0.2, 0) is 0 Å². The molecule has 0 aromatic rings. The van der Waals surface area contributed by atoms with Crippen molar-refractivity contribution in [2.45, 2.75) is 103 Å². The van der Waals surface area contributed by atoms with E-state index in [1.54, 1.807) is 0 Å². The van der Waals surface area contributed by atoms with E-state index in [-0.39, 0.29) is 0 Å². The summed E-state index contributed by atoms with van der Waals surface area (Å²) in [5.74, 6) is 1.17. The van der Waals surface area contributed by atoms with Crippen molar-refractivity contribution < 1.29 is 0 Å². The Labute approximate surface area is 157 Å². The molecule has 0 aliphatic carbocycles. The normalized spacial score (nSPS) is 14.6. The summed E-state index contributed by atoms with van der Waals surface area (Å²) < 4.78 is 0. The summed E-state index contributed by atoms with van der Waals surface area (Å²) in [6, 6.07) is 0. The number of nitrogens with two attached hydrogens (primary N) is 1. The van der Waals surface area contributed by atoms with Crippen molar-refractivity contribution in [2.24, 2.45) is 10.7 Å². The smallest absolute Gasteiger partial charge is 0.104 e. The quantitative estimate of drug-likeness (QED) is 0.325. The summed E-state index contributed by atoms with van der Waals surface area (Å²) in [5, 5.41) is 0. The first kappa shape index (κ1) is 22.2. The Balaban J connectivity index is 1.82. The highest BCUT2D eigenvalue weighted by atomic mass is 15.2. The van der Waals surface area contributed by atoms with Crippen LogP contribution in [0.3, 0.4) is 0 Å². The number of hydrogen-bond donors (Lipinski definition) is 1. The van der Waals surface area contributed by atoms with Gasteiger partial charge in [0.25, 0.3) is 0 Å². The molecule has 0 spiro atoms. The number of rotatable bonds is 17. The van der Waals surface area contributed by atoms with E-state index in [4.69, 9.17) is 5.73 Å². The van der Waals surface area contributed by atoms with E-state index in [0.717, 1.165) is 19.5 Å². The van der Waals surface area contributed by atoms with Crippen molar-refractivity contribution in [1.29, 1.82) is 0 Å². The highest BCUT2D eigenvalue weighted by Gasteiger charge is 2.12. The molecule has 0 aromatic heterocycles. The Bertz CT molecular complexity index is 349. The van der Waals surface area contributed by atoms with Crippen LogP contribution in [0.25, 0.3) is 0 Å². The molecule has 0 fully saturated rings. The zero-order valence-electron chi connectivity index (χ0n) is 16.9. The first-order valence-corrected chi connectivity index (χ1v) is 11.0. The fourth-order valence-corrected chi connectivity index (χ4v) is 3.50. The Morgan fingerprint density at radius 1 is 0.880 bits per heavy atom. The van der Waals surface area contributed by atoms with Crippen LogP contribution in [0, 0.1) is 0 Å². The summed E-state index contributed by atoms with van der Waals surface area (Å²) in [6.07, 6.45) is 25.1. The second-order valence-electron chi connectivity index (χ2n) is 7.45. The molecule has 0 unspecified atom stereocenters. The predicted octanol–water partition coefficient (Wildman–Crippen LogP) is 6.04. The zero-order chi connectivity index (χ0) is 18.0. The molecule has 0 saturated carbocycles. The summed E-state index contributed by atoms with van der Waals surface area (Å²) in [7, 11) is 0. The molecule has 25 heavy (non-hydrogen) atoms. The molecular formula is C22H43N3. The molecule has 3 nitrogen and oxygen atoms in total. The molecule has 1 rings (SSSR count). The minimum atomic E-state index is 0.696. The molecule has 0 saturated heterocycles. The average Bonchev–Trinajstić information content (AvgIpc) is 3.06. The van der Waals surface area contributed by atoms with Crippen LogP contribution in [-0.4, -0.2) is 30.4 Å². The van der Waals surface area contributed by atoms with Crippen LogP contribution >= 0.6 is 0 Å². The third-order valence-corrected chi connectivity index (χ3v) is 5.09. The van der Waals surface area contributed by atoms with Crippen LogP contribution in [0.5, 0.6) is 0 Å². The lowest BCUT2D eigenvalue weighted by Gasteiger charge is -2.14. The molecule has 1 aliphatic heterocycles. The van der Waals surface area contributed by atoms with Crippen LogP contribution in [0.4, 0.5) is 0 Å². The van der Waals surface area contributed by atoms with Crippen molar-refractivity contribution >= 4 is 5.84 Å². The van der Waals surface area contributed by atoms with E-state index in [2.05, 4.69) is 29.1 Å². The van der Waals surface area contributed by atoms with Gasteiger partial charge in [0.2, 0.25) is 0 Å². The van der Waals surface area contributed by atoms with Gasteiger partial charge < -0.3 is 10.6 Å². The van der Waals surface area contributed by atoms with Crippen LogP contribution in [0.15, 0.2) is 17.3 Å². The molecule has 2 N–H and O–H groups in total. The predicted molar refractivity (Wildman–Crippen MR) is 112 cm³/mol. The molecule has 0 amide bonds. The second kappa shape index (κ2) is 16.6. The monoisotopic (exact) mass is 349 g/mol. The van der Waals surface area contributed by atoms with Crippen molar-refractivity contribution in [2.75, 3.05) is 19.6 Å². The summed E-state index contributed by atoms with van der Waals surface area (Å²) >= 11 is 0. The third kappa shape index (κ3) is 12.2. The molecule has 0 aromatic carbocycles. The highest BCUT2D eigenvalue weighted by molar-refractivity contribution is 5.84. The maximum Gasteiger partial charge on any atom is 0.104 e. The Kier molecular flexibility index (Phi) is 14.8. The second-order valence-corrected chi connectivity index (χ2v) is 7.45. The first-order valence-electron chi connectivity index (χ1n) is 11.0. The molecule has 3 heteroatoms. The highest BCUT2D eigenvalue weighted by Crippen LogP contribution is 2.13. The van der Waals surface area contributed by atoms with Crippen molar-refractivity contribution in [3.05, 3.63) is 12.3 Å². The molecule has 146 valence electrons. The Morgan fingerprint density at radius 3 is 2.00 bits per heavy atom. The number of hydrogen-bond acceptors (Lipinski definition) is 3. The maximum absolute atomic E-state index is 5.62. The van der Waals surface area contributed by atoms with Gasteiger partial charge in [0.15, 0.2) is 0 Å². The molecule has 1 heterocycles. The molecule has 0 radical (unpaired) electrons. The lowest BCUT2D eigenvalue weighted by molar-refractivity contribution is 0.539. The van der Waals surface area contributed by atoms with Gasteiger partial charge in [-0.15, -0.1) is 0 Å². The van der Waals surface area contributed by atoms with E-state index in [1.807, 2.05) is 0 Å². The van der Waals surface area contributed by atoms with E-state index in [9.17, 15) is 0 Å². The first-order chi connectivity index (χ1) is 12.4. The lowest BCUT2D eigenvalue weighted by Crippen LogP contribution is -2.23. The fraction of sp³-hybridized carbons (Fsp3) is 0.864. The third-order valence-electron chi connectivity index (χ3n) is 5.09. The molecule has 0 atom stereocenters. The van der Waals surface area contributed by atoms with Crippen LogP contribution in [0.2, 0.25) is 0 Å². The van der Waals surface area contributed by atoms with Gasteiger partial charge >= 0.3 is 0 Å². The van der Waals surface area contributed by atoms with E-state index < -0.39 is 0 Å². The van der Waals surface area contributed by atoms with Gasteiger partial charge in [0.05, 0.1) is 6.54 Å². The largest absolute Gasteiger partial charge is 0.335 e. The van der Waals surface area contributed by atoms with Crippen molar-refractivity contribution in [1.82, 2.24) is 4.90 Å². The Morgan fingerprint density at radius 2 is 1.44 bits per heavy atom. The molecule has 0 bridgehead atoms. The van der Waals surface area contributed by atoms with Crippen LogP contribution < -0.4 is 5.73 Å². The summed E-state index contributed by atoms with van der Waals surface area (Å²) in [6.45, 7) is 4.95. The standard InChI is InChI=1S/C22H43N3/c1-2-3-4-5-6-7-8-9-10-11-12-13-14-15-16-20-25-21-19-24-22(25)17-18-23/h16,20H,2-15,17-19,21,23H2,1H3.